The van der Waals surface area contributed by atoms with Crippen molar-refractivity contribution in [2.24, 2.45) is 0 Å². The van der Waals surface area contributed by atoms with Crippen LogP contribution >= 0.6 is 0 Å². The van der Waals surface area contributed by atoms with E-state index in [9.17, 15) is 9.59 Å². The van der Waals surface area contributed by atoms with Gasteiger partial charge in [0.25, 0.3) is 5.91 Å². The van der Waals surface area contributed by atoms with Gasteiger partial charge in [0, 0.05) is 18.3 Å². The Morgan fingerprint density at radius 3 is 2.50 bits per heavy atom. The molecular formula is C18H21N3O3. The van der Waals surface area contributed by atoms with Crippen molar-refractivity contribution in [1.82, 2.24) is 10.6 Å². The van der Waals surface area contributed by atoms with Crippen molar-refractivity contribution < 1.29 is 14.3 Å². The maximum Gasteiger partial charge on any atom is 0.321 e. The Bertz CT molecular complexity index is 689. The van der Waals surface area contributed by atoms with Crippen LogP contribution in [0.4, 0.5) is 10.5 Å². The lowest BCUT2D eigenvalue weighted by Crippen LogP contribution is -2.43. The SMILES string of the molecule is CCNC(=O)NC(=O)[C@@H](Nc1cccc(OC)c1)c1ccccc1. The van der Waals surface area contributed by atoms with E-state index in [1.165, 1.54) is 0 Å². The molecule has 0 spiro atoms. The van der Waals surface area contributed by atoms with Crippen LogP contribution in [-0.4, -0.2) is 25.6 Å². The van der Waals surface area contributed by atoms with Crippen molar-refractivity contribution in [3.05, 3.63) is 60.2 Å². The molecule has 0 aromatic heterocycles. The zero-order chi connectivity index (χ0) is 17.4. The first-order chi connectivity index (χ1) is 11.6. The molecule has 6 nitrogen and oxygen atoms in total. The van der Waals surface area contributed by atoms with Gasteiger partial charge in [-0.25, -0.2) is 4.79 Å². The second kappa shape index (κ2) is 8.57. The smallest absolute Gasteiger partial charge is 0.321 e. The molecule has 1 atom stereocenters. The van der Waals surface area contributed by atoms with E-state index in [4.69, 9.17) is 4.74 Å². The average Bonchev–Trinajstić information content (AvgIpc) is 2.60. The quantitative estimate of drug-likeness (QED) is 0.762. The van der Waals surface area contributed by atoms with E-state index < -0.39 is 18.0 Å². The molecule has 0 unspecified atom stereocenters. The van der Waals surface area contributed by atoms with Gasteiger partial charge < -0.3 is 15.4 Å². The summed E-state index contributed by atoms with van der Waals surface area (Å²) in [6.07, 6.45) is 0. The molecule has 126 valence electrons. The molecule has 0 bridgehead atoms. The lowest BCUT2D eigenvalue weighted by atomic mass is 10.1. The largest absolute Gasteiger partial charge is 0.497 e. The number of ether oxygens (including phenoxy) is 1. The van der Waals surface area contributed by atoms with Gasteiger partial charge in [0.1, 0.15) is 11.8 Å². The summed E-state index contributed by atoms with van der Waals surface area (Å²) in [5.41, 5.74) is 1.47. The highest BCUT2D eigenvalue weighted by Gasteiger charge is 2.22. The maximum absolute atomic E-state index is 12.5. The Morgan fingerprint density at radius 1 is 1.08 bits per heavy atom. The predicted molar refractivity (Wildman–Crippen MR) is 93.0 cm³/mol. The molecule has 2 rings (SSSR count). The molecule has 2 aromatic rings. The Balaban J connectivity index is 2.22. The van der Waals surface area contributed by atoms with E-state index >= 15 is 0 Å². The molecular weight excluding hydrogens is 306 g/mol. The Labute approximate surface area is 141 Å². The summed E-state index contributed by atoms with van der Waals surface area (Å²) in [6.45, 7) is 2.23. The predicted octanol–water partition coefficient (Wildman–Crippen LogP) is 2.69. The minimum atomic E-state index is -0.707. The molecule has 6 heteroatoms. The van der Waals surface area contributed by atoms with E-state index in [2.05, 4.69) is 16.0 Å². The molecule has 3 amide bonds. The van der Waals surface area contributed by atoms with E-state index in [1.54, 1.807) is 20.1 Å². The van der Waals surface area contributed by atoms with Crippen LogP contribution in [0, 0.1) is 0 Å². The standard InChI is InChI=1S/C18H21N3O3/c1-3-19-18(23)21-17(22)16(13-8-5-4-6-9-13)20-14-10-7-11-15(12-14)24-2/h4-12,16,20H,3H2,1-2H3,(H2,19,21,22,23)/t16-/m0/s1. The third-order valence-corrected chi connectivity index (χ3v) is 3.35. The highest BCUT2D eigenvalue weighted by molar-refractivity contribution is 5.98. The summed E-state index contributed by atoms with van der Waals surface area (Å²) in [5, 5.41) is 8.04. The molecule has 24 heavy (non-hydrogen) atoms. The molecule has 3 N–H and O–H groups in total. The van der Waals surface area contributed by atoms with E-state index in [0.717, 1.165) is 5.56 Å². The van der Waals surface area contributed by atoms with Crippen LogP contribution in [0.5, 0.6) is 5.75 Å². The van der Waals surface area contributed by atoms with Gasteiger partial charge in [0.15, 0.2) is 0 Å². The second-order valence-electron chi connectivity index (χ2n) is 5.07. The highest BCUT2D eigenvalue weighted by atomic mass is 16.5. The minimum Gasteiger partial charge on any atom is -0.497 e. The van der Waals surface area contributed by atoms with Gasteiger partial charge in [-0.05, 0) is 24.6 Å². The molecule has 0 saturated carbocycles. The van der Waals surface area contributed by atoms with E-state index in [1.807, 2.05) is 48.5 Å². The van der Waals surface area contributed by atoms with E-state index in [0.29, 0.717) is 18.0 Å². The number of hydrogen-bond donors (Lipinski definition) is 3. The molecule has 0 heterocycles. The number of hydrogen-bond acceptors (Lipinski definition) is 4. The van der Waals surface area contributed by atoms with E-state index in [-0.39, 0.29) is 0 Å². The number of benzene rings is 2. The Hall–Kier alpha value is -3.02. The fourth-order valence-electron chi connectivity index (χ4n) is 2.21. The van der Waals surface area contributed by atoms with Gasteiger partial charge in [0.05, 0.1) is 7.11 Å². The molecule has 0 saturated heterocycles. The van der Waals surface area contributed by atoms with Gasteiger partial charge in [-0.15, -0.1) is 0 Å². The number of imide groups is 1. The van der Waals surface area contributed by atoms with Gasteiger partial charge >= 0.3 is 6.03 Å². The van der Waals surface area contributed by atoms with Crippen molar-refractivity contribution in [2.45, 2.75) is 13.0 Å². The monoisotopic (exact) mass is 327 g/mol. The summed E-state index contributed by atoms with van der Waals surface area (Å²) < 4.78 is 5.19. The van der Waals surface area contributed by atoms with Crippen LogP contribution in [-0.2, 0) is 4.79 Å². The van der Waals surface area contributed by atoms with Crippen molar-refractivity contribution in [2.75, 3.05) is 19.0 Å². The summed E-state index contributed by atoms with van der Waals surface area (Å²) in [6, 6.07) is 15.2. The number of carbonyl (C=O) groups is 2. The average molecular weight is 327 g/mol. The van der Waals surface area contributed by atoms with Gasteiger partial charge in [-0.3, -0.25) is 10.1 Å². The lowest BCUT2D eigenvalue weighted by Gasteiger charge is -2.20. The summed E-state index contributed by atoms with van der Waals surface area (Å²) >= 11 is 0. The molecule has 2 aromatic carbocycles. The zero-order valence-corrected chi connectivity index (χ0v) is 13.7. The Morgan fingerprint density at radius 2 is 1.83 bits per heavy atom. The minimum absolute atomic E-state index is 0.435. The molecule has 0 aliphatic carbocycles. The first-order valence-electron chi connectivity index (χ1n) is 7.68. The van der Waals surface area contributed by atoms with Crippen molar-refractivity contribution in [3.8, 4) is 5.75 Å². The highest BCUT2D eigenvalue weighted by Crippen LogP contribution is 2.23. The Kier molecular flexibility index (Phi) is 6.19. The fourth-order valence-corrected chi connectivity index (χ4v) is 2.21. The normalized spacial score (nSPS) is 11.2. The van der Waals surface area contributed by atoms with Crippen LogP contribution in [0.2, 0.25) is 0 Å². The van der Waals surface area contributed by atoms with Crippen molar-refractivity contribution >= 4 is 17.6 Å². The van der Waals surface area contributed by atoms with Crippen molar-refractivity contribution in [3.63, 3.8) is 0 Å². The van der Waals surface area contributed by atoms with Gasteiger partial charge in [0.2, 0.25) is 0 Å². The number of amides is 3. The molecule has 0 aliphatic heterocycles. The van der Waals surface area contributed by atoms with Crippen LogP contribution in [0.15, 0.2) is 54.6 Å². The first kappa shape index (κ1) is 17.3. The number of methoxy groups -OCH3 is 1. The van der Waals surface area contributed by atoms with Crippen LogP contribution < -0.4 is 20.7 Å². The first-order valence-corrected chi connectivity index (χ1v) is 7.68. The van der Waals surface area contributed by atoms with Crippen LogP contribution in [0.1, 0.15) is 18.5 Å². The van der Waals surface area contributed by atoms with Crippen molar-refractivity contribution in [1.29, 1.82) is 0 Å². The number of anilines is 1. The molecule has 0 fully saturated rings. The summed E-state index contributed by atoms with van der Waals surface area (Å²) in [5.74, 6) is 0.242. The third kappa shape index (κ3) is 4.74. The zero-order valence-electron chi connectivity index (χ0n) is 13.7. The third-order valence-electron chi connectivity index (χ3n) is 3.35. The fraction of sp³-hybridized carbons (Fsp3) is 0.222. The van der Waals surface area contributed by atoms with Gasteiger partial charge in [-0.2, -0.15) is 0 Å². The maximum atomic E-state index is 12.5. The lowest BCUT2D eigenvalue weighted by molar-refractivity contribution is -0.120. The molecule has 0 aliphatic rings. The van der Waals surface area contributed by atoms with Gasteiger partial charge in [-0.1, -0.05) is 36.4 Å². The molecule has 0 radical (unpaired) electrons. The topological polar surface area (TPSA) is 79.5 Å². The number of urea groups is 1. The van der Waals surface area contributed by atoms with Crippen LogP contribution in [0.3, 0.4) is 0 Å². The summed E-state index contributed by atoms with van der Waals surface area (Å²) in [7, 11) is 1.58. The second-order valence-corrected chi connectivity index (χ2v) is 5.07. The van der Waals surface area contributed by atoms with Crippen LogP contribution in [0.25, 0.3) is 0 Å². The number of carbonyl (C=O) groups excluding carboxylic acids is 2. The number of nitrogens with one attached hydrogen (secondary N) is 3. The summed E-state index contributed by atoms with van der Waals surface area (Å²) in [4.78, 5) is 24.2. The number of rotatable bonds is 6.